The molecule has 3 aromatic heterocycles. The molecule has 1 aliphatic rings. The third-order valence-corrected chi connectivity index (χ3v) is 8.50. The number of anilines is 2. The van der Waals surface area contributed by atoms with Crippen molar-refractivity contribution in [1.82, 2.24) is 29.4 Å². The minimum absolute atomic E-state index is 0.0425. The number of amides is 1. The first-order valence-electron chi connectivity index (χ1n) is 15.0. The predicted octanol–water partition coefficient (Wildman–Crippen LogP) is 5.78. The highest BCUT2D eigenvalue weighted by Crippen LogP contribution is 2.39. The lowest BCUT2D eigenvalue weighted by atomic mass is 10.0. The molecule has 0 saturated carbocycles. The number of nitrogen functional groups attached to an aromatic ring is 1. The van der Waals surface area contributed by atoms with Crippen molar-refractivity contribution in [3.8, 4) is 16.9 Å². The lowest BCUT2D eigenvalue weighted by Crippen LogP contribution is -2.58. The van der Waals surface area contributed by atoms with Crippen molar-refractivity contribution in [3.05, 3.63) is 75.5 Å². The summed E-state index contributed by atoms with van der Waals surface area (Å²) in [4.78, 5) is 49.2. The Kier molecular flexibility index (Phi) is 8.68. The zero-order valence-electron chi connectivity index (χ0n) is 26.6. The van der Waals surface area contributed by atoms with Crippen molar-refractivity contribution in [2.45, 2.75) is 72.4 Å². The smallest absolute Gasteiger partial charge is 0.355 e. The molecule has 12 heteroatoms. The highest BCUT2D eigenvalue weighted by Gasteiger charge is 2.34. The third-order valence-electron chi connectivity index (χ3n) is 8.22. The molecular formula is C33H38ClFN8O2. The number of aryl methyl sites for hydroxylation is 1. The minimum atomic E-state index is -0.598. The van der Waals surface area contributed by atoms with Crippen molar-refractivity contribution < 1.29 is 9.18 Å². The Morgan fingerprint density at radius 3 is 2.29 bits per heavy atom. The van der Waals surface area contributed by atoms with E-state index in [-0.39, 0.29) is 57.4 Å². The Balaban J connectivity index is 1.88. The maximum absolute atomic E-state index is 15.5. The van der Waals surface area contributed by atoms with Crippen LogP contribution < -0.4 is 16.3 Å². The summed E-state index contributed by atoms with van der Waals surface area (Å²) >= 11 is 6.88. The summed E-state index contributed by atoms with van der Waals surface area (Å²) in [6, 6.07) is 4.26. The van der Waals surface area contributed by atoms with Gasteiger partial charge in [-0.1, -0.05) is 45.9 Å². The fourth-order valence-corrected chi connectivity index (χ4v) is 6.29. The number of aromatic nitrogens is 5. The molecular weight excluding hydrogens is 595 g/mol. The van der Waals surface area contributed by atoms with Gasteiger partial charge in [0, 0.05) is 30.9 Å². The van der Waals surface area contributed by atoms with Crippen LogP contribution in [0.1, 0.15) is 70.3 Å². The summed E-state index contributed by atoms with van der Waals surface area (Å²) < 4.78 is 16.9. The van der Waals surface area contributed by atoms with Crippen molar-refractivity contribution in [2.75, 3.05) is 23.7 Å². The molecule has 45 heavy (non-hydrogen) atoms. The lowest BCUT2D eigenvalue weighted by Gasteiger charge is -2.44. The van der Waals surface area contributed by atoms with Gasteiger partial charge in [-0.05, 0) is 62.4 Å². The van der Waals surface area contributed by atoms with E-state index in [4.69, 9.17) is 22.3 Å². The highest BCUT2D eigenvalue weighted by molar-refractivity contribution is 6.34. The van der Waals surface area contributed by atoms with Gasteiger partial charge in [-0.15, -0.1) is 0 Å². The first-order valence-corrected chi connectivity index (χ1v) is 15.4. The summed E-state index contributed by atoms with van der Waals surface area (Å²) in [5.74, 6) is -0.529. The predicted molar refractivity (Wildman–Crippen MR) is 177 cm³/mol. The molecule has 5 rings (SSSR count). The van der Waals surface area contributed by atoms with Crippen molar-refractivity contribution >= 4 is 40.0 Å². The molecule has 0 bridgehead atoms. The van der Waals surface area contributed by atoms with Crippen LogP contribution in [0.25, 0.3) is 28.0 Å². The molecule has 2 N–H and O–H groups in total. The van der Waals surface area contributed by atoms with Crippen LogP contribution in [0, 0.1) is 12.7 Å². The number of benzene rings is 1. The Morgan fingerprint density at radius 1 is 1.07 bits per heavy atom. The summed E-state index contributed by atoms with van der Waals surface area (Å²) in [5, 5.41) is 0.620. The average molecular weight is 633 g/mol. The second-order valence-electron chi connectivity index (χ2n) is 12.3. The van der Waals surface area contributed by atoms with E-state index in [1.807, 2.05) is 46.4 Å². The lowest BCUT2D eigenvalue weighted by molar-refractivity contribution is -0.128. The molecule has 4 aromatic rings. The molecule has 0 aliphatic carbocycles. The zero-order valence-corrected chi connectivity index (χ0v) is 27.4. The Hall–Kier alpha value is -4.38. The van der Waals surface area contributed by atoms with Crippen LogP contribution in [0.5, 0.6) is 0 Å². The van der Waals surface area contributed by atoms with Gasteiger partial charge < -0.3 is 15.5 Å². The second kappa shape index (κ2) is 12.2. The largest absolute Gasteiger partial charge is 0.398 e. The SMILES string of the molecule is C=CC(=O)N1C[C@H](C)N(c2nc(=O)n(-c3c(C(C)C)ncnc3C(C)C)c3nc(-c4c(N)cc(C)cc4F)c(Cl)cc23)C[C@H]1C. The van der Waals surface area contributed by atoms with Gasteiger partial charge in [0.15, 0.2) is 5.65 Å². The number of pyridine rings is 1. The Labute approximate surface area is 266 Å². The minimum Gasteiger partial charge on any atom is -0.398 e. The highest BCUT2D eigenvalue weighted by atomic mass is 35.5. The number of halogens is 2. The third kappa shape index (κ3) is 5.65. The summed E-state index contributed by atoms with van der Waals surface area (Å²) in [5.41, 5.74) is 8.66. The first-order chi connectivity index (χ1) is 21.2. The van der Waals surface area contributed by atoms with E-state index in [1.165, 1.54) is 23.0 Å². The molecule has 0 unspecified atom stereocenters. The first kappa shape index (κ1) is 32.0. The molecule has 236 valence electrons. The summed E-state index contributed by atoms with van der Waals surface area (Å²) in [7, 11) is 0. The molecule has 1 fully saturated rings. The molecule has 4 heterocycles. The second-order valence-corrected chi connectivity index (χ2v) is 12.7. The molecule has 1 saturated heterocycles. The van der Waals surface area contributed by atoms with Gasteiger partial charge in [0.2, 0.25) is 5.91 Å². The molecule has 1 aromatic carbocycles. The van der Waals surface area contributed by atoms with Crippen LogP contribution in [0.15, 0.2) is 42.0 Å². The standard InChI is InChI=1S/C33H38ClFN8O2/c1-9-25(44)41-13-20(8)42(14-19(41)7)31-21-12-22(34)29(26-23(35)10-18(6)11-24(26)36)39-32(21)43(33(45)40-31)30-27(16(2)3)37-15-38-28(30)17(4)5/h9-12,15-17,19-20H,1,13-14,36H2,2-8H3/t19-,20+/m1/s1. The molecule has 1 aliphatic heterocycles. The van der Waals surface area contributed by atoms with Crippen molar-refractivity contribution in [2.24, 2.45) is 0 Å². The van der Waals surface area contributed by atoms with Gasteiger partial charge in [0.05, 0.1) is 38.7 Å². The molecule has 10 nitrogen and oxygen atoms in total. The Bertz CT molecular complexity index is 1840. The number of carbonyl (C=O) groups excluding carboxylic acids is 1. The van der Waals surface area contributed by atoms with Crippen LogP contribution in [0.3, 0.4) is 0 Å². The number of nitrogens with two attached hydrogens (primary N) is 1. The van der Waals surface area contributed by atoms with Crippen LogP contribution in [0.2, 0.25) is 5.02 Å². The maximum atomic E-state index is 15.5. The number of hydrogen-bond acceptors (Lipinski definition) is 8. The van der Waals surface area contributed by atoms with Gasteiger partial charge in [-0.2, -0.15) is 4.98 Å². The molecule has 1 amide bonds. The van der Waals surface area contributed by atoms with E-state index in [1.54, 1.807) is 24.0 Å². The summed E-state index contributed by atoms with van der Waals surface area (Å²) in [6.07, 6.45) is 2.80. The van der Waals surface area contributed by atoms with Crippen LogP contribution in [-0.4, -0.2) is 60.5 Å². The van der Waals surface area contributed by atoms with E-state index in [0.29, 0.717) is 46.9 Å². The molecule has 2 atom stereocenters. The Morgan fingerprint density at radius 2 is 1.71 bits per heavy atom. The summed E-state index contributed by atoms with van der Waals surface area (Å²) in [6.45, 7) is 18.0. The maximum Gasteiger partial charge on any atom is 0.355 e. The van der Waals surface area contributed by atoms with Gasteiger partial charge in [0.25, 0.3) is 0 Å². The van der Waals surface area contributed by atoms with Crippen molar-refractivity contribution in [1.29, 1.82) is 0 Å². The van der Waals surface area contributed by atoms with Crippen LogP contribution >= 0.6 is 11.6 Å². The average Bonchev–Trinajstić information content (AvgIpc) is 2.97. The van der Waals surface area contributed by atoms with Crippen LogP contribution in [0.4, 0.5) is 15.9 Å². The molecule has 0 radical (unpaired) electrons. The fraction of sp³-hybridized carbons (Fsp3) is 0.394. The van der Waals surface area contributed by atoms with Gasteiger partial charge >= 0.3 is 5.69 Å². The number of nitrogens with zero attached hydrogens (tertiary/aromatic N) is 7. The van der Waals surface area contributed by atoms with Gasteiger partial charge in [-0.25, -0.2) is 28.7 Å². The van der Waals surface area contributed by atoms with E-state index in [0.717, 1.165) is 0 Å². The number of piperazine rings is 1. The zero-order chi connectivity index (χ0) is 32.9. The van der Waals surface area contributed by atoms with Crippen LogP contribution in [-0.2, 0) is 4.79 Å². The monoisotopic (exact) mass is 632 g/mol. The van der Waals surface area contributed by atoms with Crippen molar-refractivity contribution in [3.63, 3.8) is 0 Å². The number of rotatable bonds is 6. The van der Waals surface area contributed by atoms with E-state index >= 15 is 4.39 Å². The van der Waals surface area contributed by atoms with Gasteiger partial charge in [0.1, 0.15) is 18.0 Å². The van der Waals surface area contributed by atoms with Gasteiger partial charge in [-0.3, -0.25) is 4.79 Å². The number of hydrogen-bond donors (Lipinski definition) is 1. The normalized spacial score (nSPS) is 17.0. The van der Waals surface area contributed by atoms with E-state index in [9.17, 15) is 9.59 Å². The quantitative estimate of drug-likeness (QED) is 0.210. The number of carbonyl (C=O) groups is 1. The number of fused-ring (bicyclic) bond motifs is 1. The molecule has 0 spiro atoms. The topological polar surface area (TPSA) is 123 Å². The van der Waals surface area contributed by atoms with E-state index < -0.39 is 11.5 Å². The van der Waals surface area contributed by atoms with E-state index in [2.05, 4.69) is 21.5 Å². The fourth-order valence-electron chi connectivity index (χ4n) is 6.05.